The molecule has 1 saturated heterocycles. The summed E-state index contributed by atoms with van der Waals surface area (Å²) in [5.74, 6) is -0.380. The predicted molar refractivity (Wildman–Crippen MR) is 154 cm³/mol. The Balaban J connectivity index is 0.00000560. The molecule has 1 unspecified atom stereocenters. The third kappa shape index (κ3) is 10.3. The molecule has 2 atom stereocenters. The molecular formula is C27H31Cl2N4O5RbS. The van der Waals surface area contributed by atoms with Gasteiger partial charge in [-0.05, 0) is 62.8 Å². The monoisotopic (exact) mass is 678 g/mol. The number of carbonyl (C=O) groups is 3. The van der Waals surface area contributed by atoms with Crippen LogP contribution < -0.4 is 74.3 Å². The Morgan fingerprint density at radius 2 is 1.77 bits per heavy atom. The molecule has 210 valence electrons. The molecule has 1 aliphatic heterocycles. The molecule has 1 heterocycles. The van der Waals surface area contributed by atoms with Gasteiger partial charge in [-0.2, -0.15) is 11.8 Å². The first-order valence-corrected chi connectivity index (χ1v) is 14.2. The van der Waals surface area contributed by atoms with Gasteiger partial charge in [-0.25, -0.2) is 4.79 Å². The van der Waals surface area contributed by atoms with Crippen LogP contribution in [0.25, 0.3) is 0 Å². The first-order chi connectivity index (χ1) is 18.4. The molecule has 2 amide bonds. The number of nitrogens with one attached hydrogen (secondary N) is 1. The number of amidine groups is 1. The number of rotatable bonds is 7. The molecule has 2 aromatic rings. The number of hydrogen-bond acceptors (Lipinski definition) is 7. The van der Waals surface area contributed by atoms with Crippen molar-refractivity contribution in [2.45, 2.75) is 51.3 Å². The van der Waals surface area contributed by atoms with Crippen molar-refractivity contribution >= 4 is 64.5 Å². The molecule has 9 nitrogen and oxygen atoms in total. The van der Waals surface area contributed by atoms with Crippen LogP contribution in [0.15, 0.2) is 47.5 Å². The molecule has 2 aromatic carbocycles. The average Bonchev–Trinajstić information content (AvgIpc) is 3.10. The molecule has 3 N–H and O–H groups in total. The number of aliphatic carboxylic acids is 1. The van der Waals surface area contributed by atoms with E-state index in [1.54, 1.807) is 75.0 Å². The van der Waals surface area contributed by atoms with Crippen LogP contribution in [0, 0.1) is 0 Å². The molecule has 0 aromatic heterocycles. The first kappa shape index (κ1) is 35.1. The van der Waals surface area contributed by atoms with E-state index >= 15 is 0 Å². The van der Waals surface area contributed by atoms with E-state index in [0.29, 0.717) is 30.0 Å². The summed E-state index contributed by atoms with van der Waals surface area (Å²) < 4.78 is 5.54. The van der Waals surface area contributed by atoms with E-state index in [1.165, 1.54) is 4.90 Å². The van der Waals surface area contributed by atoms with Crippen molar-refractivity contribution in [2.75, 3.05) is 23.4 Å². The van der Waals surface area contributed by atoms with Gasteiger partial charge in [0.2, 0.25) is 0 Å². The van der Waals surface area contributed by atoms with Crippen molar-refractivity contribution in [3.8, 4) is 0 Å². The number of ether oxygens (including phenoxy) is 1. The fourth-order valence-corrected chi connectivity index (χ4v) is 5.41. The molecule has 0 spiro atoms. The maximum Gasteiger partial charge on any atom is 1.00 e. The molecule has 0 saturated carbocycles. The third-order valence-corrected chi connectivity index (χ3v) is 7.39. The number of hydrogen-bond donors (Lipinski definition) is 2. The molecule has 0 aliphatic carbocycles. The van der Waals surface area contributed by atoms with Gasteiger partial charge in [0, 0.05) is 24.4 Å². The fourth-order valence-electron chi connectivity index (χ4n) is 3.92. The maximum absolute atomic E-state index is 12.8. The summed E-state index contributed by atoms with van der Waals surface area (Å²) in [6, 6.07) is 9.50. The Morgan fingerprint density at radius 1 is 1.15 bits per heavy atom. The number of amides is 2. The maximum atomic E-state index is 12.8. The van der Waals surface area contributed by atoms with Crippen LogP contribution in [0.3, 0.4) is 0 Å². The second-order valence-electron chi connectivity index (χ2n) is 9.93. The molecule has 1 aliphatic rings. The Labute approximate surface area is 297 Å². The minimum Gasteiger partial charge on any atom is -0.548 e. The number of aliphatic imine (C=N–C) groups is 1. The summed E-state index contributed by atoms with van der Waals surface area (Å²) in [4.78, 5) is 43.2. The Bertz CT molecular complexity index is 1220. The van der Waals surface area contributed by atoms with Gasteiger partial charge in [-0.3, -0.25) is 14.7 Å². The SMILES string of the molecule is CC(C)(C)OC(=O)N1CCSCCC1C(N)=N[C@@H](Cc1ccc(NC(=O)c2c(Cl)cccc2Cl)cc1)C(=O)[O-].[Rb+]. The van der Waals surface area contributed by atoms with Gasteiger partial charge < -0.3 is 25.7 Å². The van der Waals surface area contributed by atoms with E-state index < -0.39 is 35.7 Å². The van der Waals surface area contributed by atoms with Crippen molar-refractivity contribution in [1.29, 1.82) is 0 Å². The summed E-state index contributed by atoms with van der Waals surface area (Å²) in [6.45, 7) is 5.74. The number of benzene rings is 2. The minimum atomic E-state index is -1.39. The van der Waals surface area contributed by atoms with Crippen molar-refractivity contribution in [3.05, 3.63) is 63.6 Å². The number of carboxylic acids is 1. The van der Waals surface area contributed by atoms with Gasteiger partial charge in [0.25, 0.3) is 5.91 Å². The number of halogens is 2. The van der Waals surface area contributed by atoms with E-state index in [-0.39, 0.29) is 86.1 Å². The Hall–Kier alpha value is -1.14. The van der Waals surface area contributed by atoms with E-state index in [9.17, 15) is 19.5 Å². The Morgan fingerprint density at radius 3 is 2.35 bits per heavy atom. The normalized spacial score (nSPS) is 16.8. The van der Waals surface area contributed by atoms with Crippen molar-refractivity contribution in [3.63, 3.8) is 0 Å². The van der Waals surface area contributed by atoms with Crippen molar-refractivity contribution in [1.82, 2.24) is 4.90 Å². The van der Waals surface area contributed by atoms with E-state index in [2.05, 4.69) is 10.3 Å². The molecule has 1 fully saturated rings. The third-order valence-electron chi connectivity index (χ3n) is 5.77. The molecule has 3 rings (SSSR count). The Kier molecular flexibility index (Phi) is 13.9. The zero-order chi connectivity index (χ0) is 28.7. The number of carboxylic acid groups (broad SMARTS) is 1. The predicted octanol–water partition coefficient (Wildman–Crippen LogP) is 1.01. The van der Waals surface area contributed by atoms with Crippen LogP contribution in [0.2, 0.25) is 10.0 Å². The van der Waals surface area contributed by atoms with Crippen LogP contribution in [0.5, 0.6) is 0 Å². The summed E-state index contributed by atoms with van der Waals surface area (Å²) in [5, 5.41) is 15.1. The number of carbonyl (C=O) groups excluding carboxylic acids is 3. The molecule has 0 bridgehead atoms. The van der Waals surface area contributed by atoms with Gasteiger partial charge in [0.15, 0.2) is 0 Å². The van der Waals surface area contributed by atoms with Crippen LogP contribution in [-0.4, -0.2) is 64.4 Å². The molecule has 40 heavy (non-hydrogen) atoms. The van der Waals surface area contributed by atoms with E-state index in [4.69, 9.17) is 33.7 Å². The van der Waals surface area contributed by atoms with Crippen molar-refractivity contribution in [2.24, 2.45) is 10.7 Å². The quantitative estimate of drug-likeness (QED) is 0.329. The zero-order valence-corrected chi connectivity index (χ0v) is 30.2. The van der Waals surface area contributed by atoms with Crippen LogP contribution in [0.1, 0.15) is 43.1 Å². The number of nitrogens with zero attached hydrogens (tertiary/aromatic N) is 2. The standard InChI is InChI=1S/C27H32Cl2N4O5S.Rb/c1-27(2,3)38-26(37)33-12-14-39-13-11-21(33)23(30)32-20(25(35)36)15-16-7-9-17(10-8-16)31-24(34)22-18(28)5-4-6-19(22)29;/h4-10,20-21H,11-15H2,1-3H3,(H2,30,32)(H,31,34)(H,35,36);/q;+1/p-1/t20-,21?;/m0./s1. The topological polar surface area (TPSA) is 137 Å². The summed E-state index contributed by atoms with van der Waals surface area (Å²) in [6.07, 6.45) is -0.00135. The van der Waals surface area contributed by atoms with Gasteiger partial charge in [-0.15, -0.1) is 0 Å². The summed E-state index contributed by atoms with van der Waals surface area (Å²) in [7, 11) is 0. The number of nitrogens with two attached hydrogens (primary N) is 1. The second kappa shape index (κ2) is 15.9. The minimum absolute atomic E-state index is 0. The summed E-state index contributed by atoms with van der Waals surface area (Å²) >= 11 is 13.9. The van der Waals surface area contributed by atoms with Gasteiger partial charge in [-0.1, -0.05) is 41.4 Å². The van der Waals surface area contributed by atoms with E-state index in [0.717, 1.165) is 5.75 Å². The smallest absolute Gasteiger partial charge is 0.548 e. The molecular weight excluding hydrogens is 649 g/mol. The van der Waals surface area contributed by atoms with Crippen LogP contribution in [0.4, 0.5) is 10.5 Å². The van der Waals surface area contributed by atoms with Crippen LogP contribution in [-0.2, 0) is 16.0 Å². The average molecular weight is 680 g/mol. The van der Waals surface area contributed by atoms with Gasteiger partial charge >= 0.3 is 64.3 Å². The fraction of sp³-hybridized carbons (Fsp3) is 0.407. The van der Waals surface area contributed by atoms with Crippen molar-refractivity contribution < 1.29 is 82.4 Å². The zero-order valence-electron chi connectivity index (χ0n) is 22.9. The van der Waals surface area contributed by atoms with Crippen LogP contribution >= 0.6 is 35.0 Å². The van der Waals surface area contributed by atoms with E-state index in [1.807, 2.05) is 0 Å². The first-order valence-electron chi connectivity index (χ1n) is 12.3. The molecule has 13 heteroatoms. The number of thioether (sulfide) groups is 1. The summed E-state index contributed by atoms with van der Waals surface area (Å²) in [5.41, 5.74) is 6.86. The molecule has 0 radical (unpaired) electrons. The number of anilines is 1. The van der Waals surface area contributed by atoms with Gasteiger partial charge in [0.05, 0.1) is 33.7 Å². The largest absolute Gasteiger partial charge is 1.00 e. The van der Waals surface area contributed by atoms with Gasteiger partial charge in [0.1, 0.15) is 11.4 Å². The second-order valence-corrected chi connectivity index (χ2v) is 12.0.